The zero-order valence-electron chi connectivity index (χ0n) is 50.9. The molecular weight excluding hydrogens is 1390 g/mol. The van der Waals surface area contributed by atoms with Gasteiger partial charge in [-0.1, -0.05) is 235 Å². The van der Waals surface area contributed by atoms with Gasteiger partial charge in [-0.2, -0.15) is 43.7 Å². The van der Waals surface area contributed by atoms with Crippen LogP contribution < -0.4 is 94.5 Å². The maximum Gasteiger partial charge on any atom is 1.00 e. The van der Waals surface area contributed by atoms with Crippen LogP contribution in [-0.4, -0.2) is 12.3 Å². The monoisotopic (exact) mass is 1440 g/mol. The molecule has 0 fully saturated rings. The van der Waals surface area contributed by atoms with Gasteiger partial charge in [-0.3, -0.25) is 0 Å². The van der Waals surface area contributed by atoms with Crippen LogP contribution >= 0.6 is 0 Å². The molecule has 0 atom stereocenters. The third-order valence-corrected chi connectivity index (χ3v) is 18.8. The maximum absolute atomic E-state index is 15.2. The van der Waals surface area contributed by atoms with Crippen molar-refractivity contribution in [3.05, 3.63) is 355 Å². The van der Waals surface area contributed by atoms with Crippen molar-refractivity contribution >= 4 is 105 Å². The third-order valence-electron chi connectivity index (χ3n) is 16.1. The minimum Gasteiger partial charge on any atom is -0.206 e. The summed E-state index contributed by atoms with van der Waals surface area (Å²) >= 11 is 0.0287. The maximum atomic E-state index is 15.2. The Kier molecular flexibility index (Phi) is 24.5. The Labute approximate surface area is 576 Å². The van der Waals surface area contributed by atoms with Gasteiger partial charge < -0.3 is 0 Å². The van der Waals surface area contributed by atoms with Crippen LogP contribution in [0.4, 0.5) is 70.2 Å². The molecule has 0 bridgehead atoms. The number of hydrogen-bond donors (Lipinski definition) is 0. The van der Waals surface area contributed by atoms with Crippen molar-refractivity contribution in [2.75, 3.05) is 0 Å². The third kappa shape index (κ3) is 14.5. The van der Waals surface area contributed by atoms with Gasteiger partial charge in [0.2, 0.25) is 0 Å². The molecule has 0 spiro atoms. The topological polar surface area (TPSA) is 0 Å². The summed E-state index contributed by atoms with van der Waals surface area (Å²) in [5.41, 5.74) is -8.09. The van der Waals surface area contributed by atoms with Crippen LogP contribution in [0.25, 0.3) is 48.6 Å². The molecule has 10 rings (SSSR count). The van der Waals surface area contributed by atoms with Crippen LogP contribution in [0.1, 0.15) is 44.5 Å². The molecule has 0 radical (unpaired) electrons. The van der Waals surface area contributed by atoms with Gasteiger partial charge in [0.05, 0.1) is 0 Å². The molecular formula is C76H50B2F16INa. The van der Waals surface area contributed by atoms with Crippen molar-refractivity contribution < 1.29 is 121 Å². The van der Waals surface area contributed by atoms with Gasteiger partial charge in [-0.15, -0.1) is 0 Å². The second kappa shape index (κ2) is 31.6. The molecule has 0 heterocycles. The Morgan fingerprint density at radius 2 is 0.323 bits per heavy atom. The van der Waals surface area contributed by atoms with E-state index in [1.165, 1.54) is 7.14 Å². The molecule has 10 aromatic rings. The summed E-state index contributed by atoms with van der Waals surface area (Å²) < 4.78 is 247. The molecule has 0 aliphatic rings. The first-order valence-electron chi connectivity index (χ1n) is 28.3. The summed E-state index contributed by atoms with van der Waals surface area (Å²) in [5.74, 6) is -19.2. The number of benzene rings is 10. The van der Waals surface area contributed by atoms with Gasteiger partial charge in [0.25, 0.3) is 0 Å². The van der Waals surface area contributed by atoms with E-state index in [-0.39, 0.29) is 50.8 Å². The van der Waals surface area contributed by atoms with Crippen molar-refractivity contribution in [2.45, 2.75) is 0 Å². The van der Waals surface area contributed by atoms with Crippen LogP contribution in [0.3, 0.4) is 0 Å². The normalized spacial score (nSPS) is 11.0. The molecule has 0 aromatic heterocycles. The second-order valence-corrected chi connectivity index (χ2v) is 24.3. The molecule has 0 nitrogen and oxygen atoms in total. The molecule has 0 saturated heterocycles. The summed E-state index contributed by atoms with van der Waals surface area (Å²) in [4.78, 5) is 0. The van der Waals surface area contributed by atoms with Crippen LogP contribution in [0.5, 0.6) is 0 Å². The molecule has 0 N–H and O–H groups in total. The first-order chi connectivity index (χ1) is 45.3. The van der Waals surface area contributed by atoms with Gasteiger partial charge in [-0.25, -0.2) is 70.2 Å². The summed E-state index contributed by atoms with van der Waals surface area (Å²) in [6.07, 6.45) is -0.0376. The fourth-order valence-corrected chi connectivity index (χ4v) is 14.1. The Hall–Kier alpha value is -9.14. The van der Waals surface area contributed by atoms with E-state index in [4.69, 9.17) is 0 Å². The summed E-state index contributed by atoms with van der Waals surface area (Å²) in [5, 5.41) is 0. The average molecular weight is 1440 g/mol. The van der Waals surface area contributed by atoms with E-state index in [0.29, 0.717) is 0 Å². The Morgan fingerprint density at radius 3 is 0.427 bits per heavy atom. The SMILES string of the molecule is C=Cc1c(F)cc([B-](c2cc(F)c(C=C)c(F)c2)(c2cc(F)c(C=C)c(F)c2)c2cc(F)c(C=C)c(F)c2)cc1F.C=Cc1c(F)cc([B-](c2cc(F)c(C=C)c(F)c2)(c2cc(F)c(C=C)c(F)c2)c2cc(F)c(C=C)c(F)c2)cc1F.[Na+].c1ccc([I+]c2ccccc2)cc1. The Bertz CT molecular complexity index is 3730. The second-order valence-electron chi connectivity index (χ2n) is 21.2. The zero-order valence-corrected chi connectivity index (χ0v) is 55.0. The van der Waals surface area contributed by atoms with Crippen molar-refractivity contribution in [3.63, 3.8) is 0 Å². The van der Waals surface area contributed by atoms with Gasteiger partial charge in [0, 0.05) is 44.5 Å². The Balaban J connectivity index is 0.000000226. The standard InChI is InChI=1S/2C32H20BF8.C12H10I.Na/c2*1-5-21-25(34)9-17(10-26(21)35)33(18-11-27(36)22(6-2)28(37)12-18,19-13-29(38)23(7-3)30(39)14-19)20-15-31(40)24(8-4)32(41)16-20;1-3-7-11(8-4-1)13-12-9-5-2-6-10-12;/h2*5-16H,1-4H2;1-10H;/q2*-1;2*+1. The molecule has 10 aromatic carbocycles. The fourth-order valence-electron chi connectivity index (χ4n) is 11.8. The van der Waals surface area contributed by atoms with Gasteiger partial charge in [0.1, 0.15) is 105 Å². The van der Waals surface area contributed by atoms with E-state index >= 15 is 70.2 Å². The fraction of sp³-hybridized carbons (Fsp3) is 0. The van der Waals surface area contributed by atoms with Gasteiger partial charge in [-0.05, 0) is 24.3 Å². The van der Waals surface area contributed by atoms with Crippen LogP contribution in [0, 0.1) is 100 Å². The van der Waals surface area contributed by atoms with E-state index in [1.807, 2.05) is 0 Å². The molecule has 0 aliphatic heterocycles. The minimum atomic E-state index is -3.51. The van der Waals surface area contributed by atoms with E-state index in [1.54, 1.807) is 0 Å². The Morgan fingerprint density at radius 1 is 0.208 bits per heavy atom. The number of rotatable bonds is 18. The average Bonchev–Trinajstić information content (AvgIpc) is 3.52. The molecule has 96 heavy (non-hydrogen) atoms. The molecule has 20 heteroatoms. The van der Waals surface area contributed by atoms with E-state index < -0.39 is 194 Å². The van der Waals surface area contributed by atoms with E-state index in [0.717, 1.165) is 146 Å². The number of hydrogen-bond acceptors (Lipinski definition) is 0. The van der Waals surface area contributed by atoms with Crippen LogP contribution in [0.2, 0.25) is 0 Å². The molecule has 0 amide bonds. The van der Waals surface area contributed by atoms with Crippen molar-refractivity contribution in [1.82, 2.24) is 0 Å². The summed E-state index contributed by atoms with van der Waals surface area (Å²) in [6, 6.07) is 33.5. The minimum absolute atomic E-state index is 0. The molecule has 480 valence electrons. The number of halogens is 17. The van der Waals surface area contributed by atoms with E-state index in [2.05, 4.69) is 113 Å². The molecule has 0 aliphatic carbocycles. The summed E-state index contributed by atoms with van der Waals surface area (Å²) in [7, 11) is 0. The predicted octanol–water partition coefficient (Wildman–Crippen LogP) is 10.3. The predicted molar refractivity (Wildman–Crippen MR) is 350 cm³/mol. The van der Waals surface area contributed by atoms with Crippen LogP contribution in [0.15, 0.2) is 210 Å². The molecule has 0 saturated carbocycles. The quantitative estimate of drug-likeness (QED) is 0.0456. The smallest absolute Gasteiger partial charge is 0.206 e. The first kappa shape index (κ1) is 74.3. The van der Waals surface area contributed by atoms with Crippen molar-refractivity contribution in [2.24, 2.45) is 0 Å². The molecule has 0 unspecified atom stereocenters. The van der Waals surface area contributed by atoms with Crippen LogP contribution in [-0.2, 0) is 0 Å². The van der Waals surface area contributed by atoms with Crippen molar-refractivity contribution in [3.8, 4) is 0 Å². The van der Waals surface area contributed by atoms with Gasteiger partial charge in [0.15, 0.2) is 7.14 Å². The van der Waals surface area contributed by atoms with E-state index in [9.17, 15) is 0 Å². The van der Waals surface area contributed by atoms with Crippen molar-refractivity contribution in [1.29, 1.82) is 0 Å². The summed E-state index contributed by atoms with van der Waals surface area (Å²) in [6.45, 7) is 26.8. The first-order valence-corrected chi connectivity index (χ1v) is 30.5. The van der Waals surface area contributed by atoms with Gasteiger partial charge >= 0.3 is 50.8 Å². The largest absolute Gasteiger partial charge is 1.00 e. The zero-order chi connectivity index (χ0) is 69.4.